The minimum atomic E-state index is -0.192. The highest BCUT2D eigenvalue weighted by Gasteiger charge is 2.43. The van der Waals surface area contributed by atoms with Crippen LogP contribution in [0.2, 0.25) is 0 Å². The number of likely N-dealkylation sites (N-methyl/N-ethyl adjacent to an activating group) is 1. The highest BCUT2D eigenvalue weighted by atomic mass is 16.5. The fourth-order valence-electron chi connectivity index (χ4n) is 3.87. The summed E-state index contributed by atoms with van der Waals surface area (Å²) in [7, 11) is 3.39. The first-order valence-corrected chi connectivity index (χ1v) is 7.38. The Balaban J connectivity index is 1.95. The number of rotatable bonds is 2. The third-order valence-electron chi connectivity index (χ3n) is 4.84. The minimum absolute atomic E-state index is 0.0649. The largest absolute Gasteiger partial charge is 0.497 e. The number of H-pyrrole nitrogens is 1. The number of hydrogen-bond donors (Lipinski definition) is 2. The minimum Gasteiger partial charge on any atom is -0.497 e. The predicted octanol–water partition coefficient (Wildman–Crippen LogP) is 1.77. The molecule has 110 valence electrons. The van der Waals surface area contributed by atoms with Gasteiger partial charge in [-0.15, -0.1) is 0 Å². The van der Waals surface area contributed by atoms with E-state index in [4.69, 9.17) is 4.74 Å². The van der Waals surface area contributed by atoms with Crippen LogP contribution in [0.4, 0.5) is 0 Å². The van der Waals surface area contributed by atoms with Crippen LogP contribution in [0.5, 0.6) is 5.75 Å². The Labute approximate surface area is 123 Å². The predicted molar refractivity (Wildman–Crippen MR) is 80.6 cm³/mol. The second-order valence-electron chi connectivity index (χ2n) is 5.86. The van der Waals surface area contributed by atoms with Gasteiger partial charge in [-0.25, -0.2) is 0 Å². The van der Waals surface area contributed by atoms with E-state index in [0.29, 0.717) is 5.92 Å². The fraction of sp³-hybridized carbons (Fsp3) is 0.438. The van der Waals surface area contributed by atoms with Crippen molar-refractivity contribution in [1.29, 1.82) is 0 Å². The summed E-state index contributed by atoms with van der Waals surface area (Å²) in [4.78, 5) is 18.1. The number of ether oxygens (including phenoxy) is 1. The van der Waals surface area contributed by atoms with Gasteiger partial charge in [0.15, 0.2) is 0 Å². The third kappa shape index (κ3) is 1.70. The van der Waals surface area contributed by atoms with Crippen LogP contribution in [-0.2, 0) is 4.79 Å². The molecule has 4 rings (SSSR count). The second kappa shape index (κ2) is 4.49. The van der Waals surface area contributed by atoms with Crippen LogP contribution in [0.3, 0.4) is 0 Å². The Morgan fingerprint density at radius 2 is 2.33 bits per heavy atom. The number of methoxy groups -OCH3 is 1. The molecule has 1 saturated heterocycles. The van der Waals surface area contributed by atoms with Crippen molar-refractivity contribution in [2.45, 2.75) is 18.4 Å². The molecule has 21 heavy (non-hydrogen) atoms. The molecule has 2 aliphatic heterocycles. The Hall–Kier alpha value is -2.01. The van der Waals surface area contributed by atoms with Crippen LogP contribution in [-0.4, -0.2) is 43.0 Å². The zero-order valence-corrected chi connectivity index (χ0v) is 12.3. The average Bonchev–Trinajstić information content (AvgIpc) is 3.09. The van der Waals surface area contributed by atoms with E-state index in [1.165, 1.54) is 10.9 Å². The van der Waals surface area contributed by atoms with Crippen molar-refractivity contribution >= 4 is 16.8 Å². The highest BCUT2D eigenvalue weighted by Crippen LogP contribution is 2.46. The summed E-state index contributed by atoms with van der Waals surface area (Å²) in [6.45, 7) is 1.95. The zero-order valence-electron chi connectivity index (χ0n) is 12.3. The van der Waals surface area contributed by atoms with Gasteiger partial charge in [0.2, 0.25) is 5.91 Å². The molecule has 0 aliphatic carbocycles. The molecule has 5 heteroatoms. The van der Waals surface area contributed by atoms with E-state index < -0.39 is 0 Å². The van der Waals surface area contributed by atoms with Gasteiger partial charge >= 0.3 is 0 Å². The van der Waals surface area contributed by atoms with Crippen LogP contribution in [0, 0.1) is 0 Å². The number of aromatic nitrogens is 1. The van der Waals surface area contributed by atoms with Gasteiger partial charge < -0.3 is 15.0 Å². The summed E-state index contributed by atoms with van der Waals surface area (Å²) in [5.41, 5.74) is 3.46. The van der Waals surface area contributed by atoms with Crippen molar-refractivity contribution in [1.82, 2.24) is 15.2 Å². The van der Waals surface area contributed by atoms with E-state index in [1.54, 1.807) is 14.2 Å². The van der Waals surface area contributed by atoms with Gasteiger partial charge in [0.1, 0.15) is 11.8 Å². The molecule has 2 aromatic rings. The first-order chi connectivity index (χ1) is 10.2. The van der Waals surface area contributed by atoms with Crippen molar-refractivity contribution in [3.05, 3.63) is 29.5 Å². The van der Waals surface area contributed by atoms with E-state index in [1.807, 2.05) is 12.1 Å². The average molecular weight is 285 g/mol. The molecule has 1 amide bonds. The second-order valence-corrected chi connectivity index (χ2v) is 5.86. The molecule has 5 nitrogen and oxygen atoms in total. The SMILES string of the molecule is CNC(=O)C1c2[nH]c3ccc(OC)cc3c2C2CCN1C2. The topological polar surface area (TPSA) is 57.4 Å². The van der Waals surface area contributed by atoms with Crippen LogP contribution in [0.1, 0.15) is 29.6 Å². The van der Waals surface area contributed by atoms with Crippen LogP contribution >= 0.6 is 0 Å². The molecule has 1 aromatic heterocycles. The molecule has 3 atom stereocenters. The highest BCUT2D eigenvalue weighted by molar-refractivity contribution is 5.91. The molecule has 2 N–H and O–H groups in total. The number of hydrogen-bond acceptors (Lipinski definition) is 3. The Kier molecular flexibility index (Phi) is 2.72. The van der Waals surface area contributed by atoms with E-state index in [9.17, 15) is 4.79 Å². The third-order valence-corrected chi connectivity index (χ3v) is 4.84. The normalized spacial score (nSPS) is 26.7. The molecule has 2 bridgehead atoms. The zero-order chi connectivity index (χ0) is 14.6. The smallest absolute Gasteiger partial charge is 0.243 e. The maximum atomic E-state index is 12.3. The summed E-state index contributed by atoms with van der Waals surface area (Å²) < 4.78 is 5.35. The lowest BCUT2D eigenvalue weighted by molar-refractivity contribution is -0.126. The quantitative estimate of drug-likeness (QED) is 0.884. The molecular weight excluding hydrogens is 266 g/mol. The Bertz CT molecular complexity index is 722. The molecule has 1 aromatic carbocycles. The number of nitrogens with one attached hydrogen (secondary N) is 2. The first-order valence-electron chi connectivity index (χ1n) is 7.38. The van der Waals surface area contributed by atoms with Crippen molar-refractivity contribution in [3.63, 3.8) is 0 Å². The van der Waals surface area contributed by atoms with Gasteiger partial charge in [-0.3, -0.25) is 9.69 Å². The van der Waals surface area contributed by atoms with E-state index in [2.05, 4.69) is 21.3 Å². The molecule has 1 fully saturated rings. The number of carbonyl (C=O) groups is 1. The Morgan fingerprint density at radius 1 is 1.48 bits per heavy atom. The number of fused-ring (bicyclic) bond motifs is 6. The van der Waals surface area contributed by atoms with E-state index in [0.717, 1.165) is 36.5 Å². The lowest BCUT2D eigenvalue weighted by atomic mass is 9.90. The van der Waals surface area contributed by atoms with Gasteiger partial charge in [-0.1, -0.05) is 0 Å². The number of carbonyl (C=O) groups excluding carboxylic acids is 1. The van der Waals surface area contributed by atoms with E-state index >= 15 is 0 Å². The summed E-state index contributed by atoms with van der Waals surface area (Å²) in [5.74, 6) is 1.44. The standard InChI is InChI=1S/C16H19N3O2/c1-17-16(20)15-14-13(9-5-6-19(15)8-9)11-7-10(21-2)3-4-12(11)18-14/h3-4,7,9,15,18H,5-6,8H2,1-2H3,(H,17,20). The summed E-state index contributed by atoms with van der Waals surface area (Å²) >= 11 is 0. The molecule has 2 aliphatic rings. The van der Waals surface area contributed by atoms with Crippen molar-refractivity contribution in [2.24, 2.45) is 0 Å². The van der Waals surface area contributed by atoms with Crippen LogP contribution < -0.4 is 10.1 Å². The first kappa shape index (κ1) is 12.7. The van der Waals surface area contributed by atoms with Crippen molar-refractivity contribution in [3.8, 4) is 5.75 Å². The summed E-state index contributed by atoms with van der Waals surface area (Å²) in [6, 6.07) is 5.88. The number of aromatic amines is 1. The van der Waals surface area contributed by atoms with Gasteiger partial charge in [-0.05, 0) is 36.7 Å². The maximum absolute atomic E-state index is 12.3. The molecule has 0 spiro atoms. The molecule has 3 unspecified atom stereocenters. The molecular formula is C16H19N3O2. The fourth-order valence-corrected chi connectivity index (χ4v) is 3.87. The lowest BCUT2D eigenvalue weighted by Crippen LogP contribution is -2.40. The van der Waals surface area contributed by atoms with Gasteiger partial charge in [-0.2, -0.15) is 0 Å². The van der Waals surface area contributed by atoms with Crippen molar-refractivity contribution < 1.29 is 9.53 Å². The van der Waals surface area contributed by atoms with Crippen LogP contribution in [0.25, 0.3) is 10.9 Å². The summed E-state index contributed by atoms with van der Waals surface area (Å²) in [5, 5.41) is 4.00. The van der Waals surface area contributed by atoms with Gasteiger partial charge in [0.25, 0.3) is 0 Å². The van der Waals surface area contributed by atoms with Crippen LogP contribution in [0.15, 0.2) is 18.2 Å². The molecule has 0 saturated carbocycles. The number of nitrogens with zero attached hydrogens (tertiary/aromatic N) is 1. The monoisotopic (exact) mass is 285 g/mol. The van der Waals surface area contributed by atoms with Crippen molar-refractivity contribution in [2.75, 3.05) is 27.2 Å². The van der Waals surface area contributed by atoms with E-state index in [-0.39, 0.29) is 11.9 Å². The van der Waals surface area contributed by atoms with Gasteiger partial charge in [0.05, 0.1) is 7.11 Å². The maximum Gasteiger partial charge on any atom is 0.243 e. The Morgan fingerprint density at radius 3 is 3.10 bits per heavy atom. The summed E-state index contributed by atoms with van der Waals surface area (Å²) in [6.07, 6.45) is 1.12. The van der Waals surface area contributed by atoms with Gasteiger partial charge in [0, 0.05) is 36.1 Å². The number of amides is 1. The number of benzene rings is 1. The molecule has 3 heterocycles. The molecule has 0 radical (unpaired) electrons. The lowest BCUT2D eigenvalue weighted by Gasteiger charge is -2.31.